The Balaban J connectivity index is 0. The van der Waals surface area contributed by atoms with Crippen molar-refractivity contribution in [2.45, 2.75) is 18.9 Å². The highest BCUT2D eigenvalue weighted by Crippen LogP contribution is 2.23. The van der Waals surface area contributed by atoms with E-state index in [0.717, 1.165) is 5.69 Å². The second-order valence-electron chi connectivity index (χ2n) is 4.74. The fourth-order valence-electron chi connectivity index (χ4n) is 2.34. The highest BCUT2D eigenvalue weighted by Gasteiger charge is 2.20. The Labute approximate surface area is 134 Å². The maximum atomic E-state index is 5.81. The van der Waals surface area contributed by atoms with E-state index in [1.807, 2.05) is 12.1 Å². The molecule has 1 heterocycles. The van der Waals surface area contributed by atoms with Gasteiger partial charge in [0.25, 0.3) is 0 Å². The van der Waals surface area contributed by atoms with Crippen molar-refractivity contribution in [3.63, 3.8) is 0 Å². The number of anilines is 2. The second-order valence-corrected chi connectivity index (χ2v) is 4.74. The molecule has 1 fully saturated rings. The molecule has 0 bridgehead atoms. The standard InChI is InChI=1S/C13H21N3.3ClH/c1-15-8-6-12(7-9-15)16(2)13-5-3-4-11(14)10-13;;;/h3-5,10,12H,6-9,14H2,1-2H3;3*1H. The Kier molecular flexibility index (Phi) is 10.5. The zero-order valence-corrected chi connectivity index (χ0v) is 13.9. The molecule has 2 rings (SSSR count). The molecule has 1 aromatic rings. The maximum Gasteiger partial charge on any atom is 0.0386 e. The largest absolute Gasteiger partial charge is 0.399 e. The van der Waals surface area contributed by atoms with Crippen molar-refractivity contribution < 1.29 is 0 Å². The number of hydrogen-bond acceptors (Lipinski definition) is 3. The predicted molar refractivity (Wildman–Crippen MR) is 91.5 cm³/mol. The number of rotatable bonds is 2. The van der Waals surface area contributed by atoms with Crippen molar-refractivity contribution in [3.05, 3.63) is 24.3 Å². The van der Waals surface area contributed by atoms with Gasteiger partial charge in [-0.25, -0.2) is 0 Å². The number of benzene rings is 1. The normalized spacial score (nSPS) is 15.7. The second kappa shape index (κ2) is 9.54. The van der Waals surface area contributed by atoms with Crippen LogP contribution in [-0.4, -0.2) is 38.1 Å². The molecule has 0 spiro atoms. The van der Waals surface area contributed by atoms with Gasteiger partial charge in [-0.3, -0.25) is 0 Å². The van der Waals surface area contributed by atoms with Crippen LogP contribution in [0.5, 0.6) is 0 Å². The molecule has 1 aromatic carbocycles. The molecule has 2 N–H and O–H groups in total. The predicted octanol–water partition coefficient (Wildman–Crippen LogP) is 3.06. The first-order chi connectivity index (χ1) is 7.66. The Bertz CT molecular complexity index is 355. The highest BCUT2D eigenvalue weighted by atomic mass is 35.5. The smallest absolute Gasteiger partial charge is 0.0386 e. The maximum absolute atomic E-state index is 5.81. The number of halogens is 3. The summed E-state index contributed by atoms with van der Waals surface area (Å²) in [6, 6.07) is 8.80. The van der Waals surface area contributed by atoms with Gasteiger partial charge in [-0.1, -0.05) is 6.07 Å². The lowest BCUT2D eigenvalue weighted by Gasteiger charge is -2.36. The van der Waals surface area contributed by atoms with Crippen molar-refractivity contribution in [2.75, 3.05) is 37.8 Å². The lowest BCUT2D eigenvalue weighted by molar-refractivity contribution is 0.253. The fraction of sp³-hybridized carbons (Fsp3) is 0.538. The SMILES string of the molecule is CN1CCC(N(C)c2cccc(N)c2)CC1.Cl.Cl.Cl. The van der Waals surface area contributed by atoms with E-state index >= 15 is 0 Å². The molecule has 19 heavy (non-hydrogen) atoms. The Hall–Kier alpha value is -0.350. The molecule has 0 saturated carbocycles. The molecule has 112 valence electrons. The Morgan fingerprint density at radius 1 is 1.16 bits per heavy atom. The first-order valence-corrected chi connectivity index (χ1v) is 5.94. The number of likely N-dealkylation sites (tertiary alicyclic amines) is 1. The van der Waals surface area contributed by atoms with E-state index in [-0.39, 0.29) is 37.2 Å². The van der Waals surface area contributed by atoms with Crippen LogP contribution < -0.4 is 10.6 Å². The summed E-state index contributed by atoms with van der Waals surface area (Å²) in [7, 11) is 4.36. The van der Waals surface area contributed by atoms with E-state index < -0.39 is 0 Å². The molecule has 0 atom stereocenters. The van der Waals surface area contributed by atoms with Crippen LogP contribution in [0.1, 0.15) is 12.8 Å². The van der Waals surface area contributed by atoms with Gasteiger partial charge in [0.1, 0.15) is 0 Å². The van der Waals surface area contributed by atoms with Crippen LogP contribution in [0.2, 0.25) is 0 Å². The Morgan fingerprint density at radius 2 is 1.74 bits per heavy atom. The average Bonchev–Trinajstić information content (AvgIpc) is 2.29. The molecule has 1 aliphatic heterocycles. The topological polar surface area (TPSA) is 32.5 Å². The van der Waals surface area contributed by atoms with Crippen molar-refractivity contribution in [1.82, 2.24) is 4.90 Å². The van der Waals surface area contributed by atoms with Crippen molar-refractivity contribution in [2.24, 2.45) is 0 Å². The van der Waals surface area contributed by atoms with Gasteiger partial charge in [-0.05, 0) is 51.2 Å². The minimum atomic E-state index is 0. The lowest BCUT2D eigenvalue weighted by Crippen LogP contribution is -2.41. The van der Waals surface area contributed by atoms with Gasteiger partial charge in [-0.2, -0.15) is 0 Å². The third-order valence-electron chi connectivity index (χ3n) is 3.51. The van der Waals surface area contributed by atoms with Gasteiger partial charge in [0.2, 0.25) is 0 Å². The summed E-state index contributed by atoms with van der Waals surface area (Å²) in [5.74, 6) is 0. The molecule has 0 unspecified atom stereocenters. The monoisotopic (exact) mass is 327 g/mol. The number of nitrogen functional groups attached to an aromatic ring is 1. The summed E-state index contributed by atoms with van der Waals surface area (Å²) in [4.78, 5) is 4.76. The third kappa shape index (κ3) is 5.65. The molecule has 1 saturated heterocycles. The summed E-state index contributed by atoms with van der Waals surface area (Å²) in [6.07, 6.45) is 2.48. The molecular weight excluding hydrogens is 305 g/mol. The molecule has 0 amide bonds. The lowest BCUT2D eigenvalue weighted by atomic mass is 10.0. The van der Waals surface area contributed by atoms with Crippen LogP contribution in [0.3, 0.4) is 0 Å². The molecule has 3 nitrogen and oxygen atoms in total. The molecule has 6 heteroatoms. The van der Waals surface area contributed by atoms with Gasteiger partial charge >= 0.3 is 0 Å². The van der Waals surface area contributed by atoms with E-state index in [1.165, 1.54) is 31.6 Å². The van der Waals surface area contributed by atoms with Crippen LogP contribution >= 0.6 is 37.2 Å². The highest BCUT2D eigenvalue weighted by molar-refractivity contribution is 5.86. The Morgan fingerprint density at radius 3 is 2.26 bits per heavy atom. The van der Waals surface area contributed by atoms with Crippen LogP contribution in [0.4, 0.5) is 11.4 Å². The van der Waals surface area contributed by atoms with Gasteiger partial charge < -0.3 is 15.5 Å². The van der Waals surface area contributed by atoms with Crippen molar-refractivity contribution in [1.29, 1.82) is 0 Å². The summed E-state index contributed by atoms with van der Waals surface area (Å²) in [5.41, 5.74) is 7.89. The summed E-state index contributed by atoms with van der Waals surface area (Å²) in [5, 5.41) is 0. The first kappa shape index (κ1) is 21.0. The van der Waals surface area contributed by atoms with Crippen LogP contribution in [0.25, 0.3) is 0 Å². The van der Waals surface area contributed by atoms with E-state index in [4.69, 9.17) is 5.73 Å². The van der Waals surface area contributed by atoms with Crippen LogP contribution in [-0.2, 0) is 0 Å². The molecule has 0 aliphatic carbocycles. The third-order valence-corrected chi connectivity index (χ3v) is 3.51. The van der Waals surface area contributed by atoms with Crippen molar-refractivity contribution in [3.8, 4) is 0 Å². The molecule has 0 aromatic heterocycles. The summed E-state index contributed by atoms with van der Waals surface area (Å²) >= 11 is 0. The van der Waals surface area contributed by atoms with Crippen LogP contribution in [0.15, 0.2) is 24.3 Å². The molecule has 1 aliphatic rings. The number of nitrogens with zero attached hydrogens (tertiary/aromatic N) is 2. The van der Waals surface area contributed by atoms with Gasteiger partial charge in [0.05, 0.1) is 0 Å². The summed E-state index contributed by atoms with van der Waals surface area (Å²) < 4.78 is 0. The van der Waals surface area contributed by atoms with E-state index in [2.05, 4.69) is 36.0 Å². The summed E-state index contributed by atoms with van der Waals surface area (Å²) in [6.45, 7) is 2.38. The van der Waals surface area contributed by atoms with Crippen LogP contribution in [0, 0.1) is 0 Å². The number of hydrogen-bond donors (Lipinski definition) is 1. The van der Waals surface area contributed by atoms with Gasteiger partial charge in [0.15, 0.2) is 0 Å². The number of nitrogens with two attached hydrogens (primary N) is 1. The molecular formula is C13H24Cl3N3. The zero-order chi connectivity index (χ0) is 11.5. The first-order valence-electron chi connectivity index (χ1n) is 5.94. The van der Waals surface area contributed by atoms with E-state index in [9.17, 15) is 0 Å². The minimum absolute atomic E-state index is 0. The van der Waals surface area contributed by atoms with Crippen molar-refractivity contribution >= 4 is 48.6 Å². The van der Waals surface area contributed by atoms with E-state index in [0.29, 0.717) is 6.04 Å². The van der Waals surface area contributed by atoms with Gasteiger partial charge in [0, 0.05) is 24.5 Å². The molecule has 0 radical (unpaired) electrons. The number of piperidine rings is 1. The zero-order valence-electron chi connectivity index (χ0n) is 11.4. The fourth-order valence-corrected chi connectivity index (χ4v) is 2.34. The average molecular weight is 329 g/mol. The van der Waals surface area contributed by atoms with E-state index in [1.54, 1.807) is 0 Å². The van der Waals surface area contributed by atoms with Gasteiger partial charge in [-0.15, -0.1) is 37.2 Å². The quantitative estimate of drug-likeness (QED) is 0.847. The minimum Gasteiger partial charge on any atom is -0.399 e.